The molecule has 1 atom stereocenters. The molecular weight excluding hydrogens is 292 g/mol. The van der Waals surface area contributed by atoms with Crippen LogP contribution in [0, 0.1) is 12.8 Å². The third-order valence-corrected chi connectivity index (χ3v) is 3.75. The average molecular weight is 315 g/mol. The van der Waals surface area contributed by atoms with Crippen molar-refractivity contribution in [2.75, 3.05) is 27.3 Å². The van der Waals surface area contributed by atoms with Crippen LogP contribution >= 0.6 is 12.4 Å². The van der Waals surface area contributed by atoms with Crippen molar-refractivity contribution < 1.29 is 14.3 Å². The van der Waals surface area contributed by atoms with Gasteiger partial charge >= 0.3 is 0 Å². The van der Waals surface area contributed by atoms with Gasteiger partial charge in [-0.15, -0.1) is 12.4 Å². The standard InChI is InChI=1S/C15H22N2O3.ClH/c1-9-5-13(19-3)14(20-4)6-12(9)10(2)17-15(18)11-7-16-8-11;/h5-6,10-11,16H,7-8H2,1-4H3,(H,17,18);1H. The molecule has 21 heavy (non-hydrogen) atoms. The minimum absolute atomic E-state index is 0. The summed E-state index contributed by atoms with van der Waals surface area (Å²) in [5, 5.41) is 6.15. The minimum atomic E-state index is -0.0529. The summed E-state index contributed by atoms with van der Waals surface area (Å²) in [7, 11) is 3.23. The molecule has 1 amide bonds. The molecule has 2 N–H and O–H groups in total. The van der Waals surface area contributed by atoms with E-state index in [4.69, 9.17) is 9.47 Å². The van der Waals surface area contributed by atoms with Crippen molar-refractivity contribution >= 4 is 18.3 Å². The highest BCUT2D eigenvalue weighted by molar-refractivity contribution is 5.85. The normalized spacial score (nSPS) is 15.4. The van der Waals surface area contributed by atoms with Gasteiger partial charge in [-0.1, -0.05) is 0 Å². The van der Waals surface area contributed by atoms with Gasteiger partial charge in [0.05, 0.1) is 26.2 Å². The highest BCUT2D eigenvalue weighted by Crippen LogP contribution is 2.32. The van der Waals surface area contributed by atoms with E-state index in [1.165, 1.54) is 0 Å². The number of aryl methyl sites for hydroxylation is 1. The van der Waals surface area contributed by atoms with Crippen molar-refractivity contribution in [3.8, 4) is 11.5 Å². The molecule has 0 aromatic heterocycles. The van der Waals surface area contributed by atoms with Crippen LogP contribution in [-0.4, -0.2) is 33.2 Å². The van der Waals surface area contributed by atoms with Crippen molar-refractivity contribution in [2.45, 2.75) is 19.9 Å². The topological polar surface area (TPSA) is 59.6 Å². The Morgan fingerprint density at radius 3 is 2.33 bits per heavy atom. The fraction of sp³-hybridized carbons (Fsp3) is 0.533. The number of hydrogen-bond donors (Lipinski definition) is 2. The Morgan fingerprint density at radius 2 is 1.86 bits per heavy atom. The lowest BCUT2D eigenvalue weighted by atomic mass is 9.98. The first-order chi connectivity index (χ1) is 9.56. The lowest BCUT2D eigenvalue weighted by Gasteiger charge is -2.28. The largest absolute Gasteiger partial charge is 0.493 e. The van der Waals surface area contributed by atoms with Crippen LogP contribution in [-0.2, 0) is 4.79 Å². The van der Waals surface area contributed by atoms with Crippen molar-refractivity contribution in [3.63, 3.8) is 0 Å². The maximum absolute atomic E-state index is 12.0. The van der Waals surface area contributed by atoms with Crippen molar-refractivity contribution in [3.05, 3.63) is 23.3 Å². The van der Waals surface area contributed by atoms with Gasteiger partial charge in [-0.25, -0.2) is 0 Å². The van der Waals surface area contributed by atoms with Crippen LogP contribution in [0.1, 0.15) is 24.1 Å². The van der Waals surface area contributed by atoms with E-state index in [9.17, 15) is 4.79 Å². The monoisotopic (exact) mass is 314 g/mol. The van der Waals surface area contributed by atoms with Crippen LogP contribution in [0.3, 0.4) is 0 Å². The summed E-state index contributed by atoms with van der Waals surface area (Å²) in [5.41, 5.74) is 2.12. The smallest absolute Gasteiger partial charge is 0.226 e. The number of ether oxygens (including phenoxy) is 2. The first kappa shape index (κ1) is 17.6. The van der Waals surface area contributed by atoms with Crippen LogP contribution in [0.25, 0.3) is 0 Å². The molecule has 0 saturated carbocycles. The van der Waals surface area contributed by atoms with E-state index in [1.54, 1.807) is 14.2 Å². The molecule has 1 saturated heterocycles. The molecule has 1 aromatic rings. The zero-order chi connectivity index (χ0) is 14.7. The first-order valence-corrected chi connectivity index (χ1v) is 6.80. The Hall–Kier alpha value is -1.46. The molecule has 6 heteroatoms. The fourth-order valence-electron chi connectivity index (χ4n) is 2.35. The van der Waals surface area contributed by atoms with Crippen LogP contribution in [0.4, 0.5) is 0 Å². The van der Waals surface area contributed by atoms with E-state index in [0.717, 1.165) is 24.2 Å². The molecule has 1 heterocycles. The number of carbonyl (C=O) groups is 1. The van der Waals surface area contributed by atoms with Gasteiger partial charge in [-0.2, -0.15) is 0 Å². The second kappa shape index (κ2) is 7.52. The Bertz CT molecular complexity index is 504. The average Bonchev–Trinajstić information content (AvgIpc) is 2.35. The van der Waals surface area contributed by atoms with Crippen molar-refractivity contribution in [1.82, 2.24) is 10.6 Å². The molecule has 0 radical (unpaired) electrons. The van der Waals surface area contributed by atoms with E-state index < -0.39 is 0 Å². The maximum Gasteiger partial charge on any atom is 0.226 e. The molecule has 1 aromatic carbocycles. The van der Waals surface area contributed by atoms with Crippen LogP contribution < -0.4 is 20.1 Å². The molecule has 0 spiro atoms. The second-order valence-electron chi connectivity index (χ2n) is 5.15. The van der Waals surface area contributed by atoms with Crippen molar-refractivity contribution in [1.29, 1.82) is 0 Å². The predicted molar refractivity (Wildman–Crippen MR) is 84.4 cm³/mol. The molecular formula is C15H23ClN2O3. The number of benzene rings is 1. The van der Waals surface area contributed by atoms with Gasteiger partial charge in [0.2, 0.25) is 5.91 Å². The molecule has 2 rings (SSSR count). The van der Waals surface area contributed by atoms with E-state index in [1.807, 2.05) is 26.0 Å². The van der Waals surface area contributed by atoms with Crippen LogP contribution in [0.15, 0.2) is 12.1 Å². The maximum atomic E-state index is 12.0. The number of nitrogens with one attached hydrogen (secondary N) is 2. The zero-order valence-electron chi connectivity index (χ0n) is 12.9. The first-order valence-electron chi connectivity index (χ1n) is 6.80. The Balaban J connectivity index is 0.00000220. The molecule has 1 fully saturated rings. The van der Waals surface area contributed by atoms with E-state index in [-0.39, 0.29) is 30.3 Å². The highest BCUT2D eigenvalue weighted by Gasteiger charge is 2.26. The lowest BCUT2D eigenvalue weighted by Crippen LogP contribution is -2.51. The van der Waals surface area contributed by atoms with Gasteiger partial charge in [0.1, 0.15) is 0 Å². The third-order valence-electron chi connectivity index (χ3n) is 3.75. The van der Waals surface area contributed by atoms with E-state index in [2.05, 4.69) is 10.6 Å². The summed E-state index contributed by atoms with van der Waals surface area (Å²) < 4.78 is 10.6. The number of amides is 1. The number of halogens is 1. The van der Waals surface area contributed by atoms with Gasteiger partial charge in [0.25, 0.3) is 0 Å². The summed E-state index contributed by atoms with van der Waals surface area (Å²) in [4.78, 5) is 12.0. The minimum Gasteiger partial charge on any atom is -0.493 e. The Labute approximate surface area is 131 Å². The molecule has 5 nitrogen and oxygen atoms in total. The molecule has 0 aliphatic carbocycles. The SMILES string of the molecule is COc1cc(C)c(C(C)NC(=O)C2CNC2)cc1OC.Cl. The van der Waals surface area contributed by atoms with Crippen LogP contribution in [0.2, 0.25) is 0 Å². The van der Waals surface area contributed by atoms with E-state index >= 15 is 0 Å². The Morgan fingerprint density at radius 1 is 1.29 bits per heavy atom. The molecule has 0 bridgehead atoms. The van der Waals surface area contributed by atoms with Gasteiger partial charge in [-0.05, 0) is 37.1 Å². The summed E-state index contributed by atoms with van der Waals surface area (Å²) in [6.07, 6.45) is 0. The number of methoxy groups -OCH3 is 2. The lowest BCUT2D eigenvalue weighted by molar-refractivity contribution is -0.127. The Kier molecular flexibility index (Phi) is 6.30. The van der Waals surface area contributed by atoms with Gasteiger partial charge in [0, 0.05) is 13.1 Å². The zero-order valence-corrected chi connectivity index (χ0v) is 13.7. The van der Waals surface area contributed by atoms with E-state index in [0.29, 0.717) is 11.5 Å². The third kappa shape index (κ3) is 3.80. The van der Waals surface area contributed by atoms with Crippen LogP contribution in [0.5, 0.6) is 11.5 Å². The second-order valence-corrected chi connectivity index (χ2v) is 5.15. The summed E-state index contributed by atoms with van der Waals surface area (Å²) >= 11 is 0. The fourth-order valence-corrected chi connectivity index (χ4v) is 2.35. The summed E-state index contributed by atoms with van der Waals surface area (Å²) in [6, 6.07) is 3.81. The predicted octanol–water partition coefficient (Wildman–Crippen LogP) is 1.83. The quantitative estimate of drug-likeness (QED) is 0.870. The number of hydrogen-bond acceptors (Lipinski definition) is 4. The molecule has 1 aliphatic rings. The summed E-state index contributed by atoms with van der Waals surface area (Å²) in [6.45, 7) is 5.52. The van der Waals surface area contributed by atoms with Gasteiger partial charge in [-0.3, -0.25) is 4.79 Å². The van der Waals surface area contributed by atoms with Crippen molar-refractivity contribution in [2.24, 2.45) is 5.92 Å². The summed E-state index contributed by atoms with van der Waals surface area (Å²) in [5.74, 6) is 1.58. The molecule has 1 aliphatic heterocycles. The number of rotatable bonds is 5. The number of carbonyl (C=O) groups excluding carboxylic acids is 1. The van der Waals surface area contributed by atoms with Gasteiger partial charge < -0.3 is 20.1 Å². The highest BCUT2D eigenvalue weighted by atomic mass is 35.5. The van der Waals surface area contributed by atoms with Gasteiger partial charge in [0.15, 0.2) is 11.5 Å². The molecule has 1 unspecified atom stereocenters. The molecule has 118 valence electrons.